The number of hydrogen-bond donors (Lipinski definition) is 1. The average molecular weight is 418 g/mol. The van der Waals surface area contributed by atoms with Crippen molar-refractivity contribution in [3.8, 4) is 11.5 Å². The zero-order valence-electron chi connectivity index (χ0n) is 16.3. The standard InChI is InChI=1S/C23H18N2O6/c26-22(16-30-23(27)14-9-17-5-4-6-19(15-17)25(28)29)24-18-10-12-21(13-11-18)31-20-7-2-1-3-8-20/h1-15H,16H2,(H,24,26). The first kappa shape index (κ1) is 21.3. The van der Waals surface area contributed by atoms with Crippen molar-refractivity contribution in [1.82, 2.24) is 0 Å². The van der Waals surface area contributed by atoms with E-state index in [0.717, 1.165) is 6.08 Å². The second-order valence-corrected chi connectivity index (χ2v) is 6.28. The van der Waals surface area contributed by atoms with Gasteiger partial charge in [0.25, 0.3) is 11.6 Å². The molecule has 8 nitrogen and oxygen atoms in total. The molecule has 0 saturated carbocycles. The van der Waals surface area contributed by atoms with Gasteiger partial charge in [-0.1, -0.05) is 30.3 Å². The average Bonchev–Trinajstić information content (AvgIpc) is 2.78. The fourth-order valence-corrected chi connectivity index (χ4v) is 2.52. The summed E-state index contributed by atoms with van der Waals surface area (Å²) in [6.07, 6.45) is 2.47. The topological polar surface area (TPSA) is 108 Å². The third kappa shape index (κ3) is 6.82. The monoisotopic (exact) mass is 418 g/mol. The molecule has 156 valence electrons. The van der Waals surface area contributed by atoms with E-state index >= 15 is 0 Å². The van der Waals surface area contributed by atoms with Gasteiger partial charge in [0.2, 0.25) is 0 Å². The SMILES string of the molecule is O=C(COC(=O)C=Cc1cccc([N+](=O)[O-])c1)Nc1ccc(Oc2ccccc2)cc1. The highest BCUT2D eigenvalue weighted by atomic mass is 16.6. The maximum absolute atomic E-state index is 12.0. The molecule has 0 aliphatic rings. The summed E-state index contributed by atoms with van der Waals surface area (Å²) in [5, 5.41) is 13.4. The number of esters is 1. The molecule has 31 heavy (non-hydrogen) atoms. The van der Waals surface area contributed by atoms with Gasteiger partial charge >= 0.3 is 5.97 Å². The number of carbonyl (C=O) groups is 2. The Bertz CT molecular complexity index is 1090. The quantitative estimate of drug-likeness (QED) is 0.248. The van der Waals surface area contributed by atoms with Crippen LogP contribution in [0.1, 0.15) is 5.56 Å². The van der Waals surface area contributed by atoms with Crippen molar-refractivity contribution >= 4 is 29.3 Å². The number of carbonyl (C=O) groups excluding carboxylic acids is 2. The number of nitro groups is 1. The van der Waals surface area contributed by atoms with E-state index in [-0.39, 0.29) is 5.69 Å². The van der Waals surface area contributed by atoms with E-state index < -0.39 is 23.4 Å². The van der Waals surface area contributed by atoms with Crippen LogP contribution in [0.25, 0.3) is 6.08 Å². The minimum atomic E-state index is -0.742. The molecular weight excluding hydrogens is 400 g/mol. The Labute approximate surface area is 177 Å². The molecule has 3 rings (SSSR count). The number of amides is 1. The van der Waals surface area contributed by atoms with Crippen LogP contribution in [0.2, 0.25) is 0 Å². The number of ether oxygens (including phenoxy) is 2. The van der Waals surface area contributed by atoms with Gasteiger partial charge in [-0.05, 0) is 48.0 Å². The fourth-order valence-electron chi connectivity index (χ4n) is 2.52. The summed E-state index contributed by atoms with van der Waals surface area (Å²) in [5.41, 5.74) is 0.900. The van der Waals surface area contributed by atoms with Crippen LogP contribution >= 0.6 is 0 Å². The van der Waals surface area contributed by atoms with Gasteiger partial charge in [-0.15, -0.1) is 0 Å². The Balaban J connectivity index is 1.45. The molecule has 0 aromatic heterocycles. The lowest BCUT2D eigenvalue weighted by Gasteiger charge is -2.08. The number of nitrogens with zero attached hydrogens (tertiary/aromatic N) is 1. The first-order chi connectivity index (χ1) is 15.0. The Morgan fingerprint density at radius 3 is 2.35 bits per heavy atom. The number of nitrogens with one attached hydrogen (secondary N) is 1. The Hall–Kier alpha value is -4.46. The van der Waals surface area contributed by atoms with Crippen LogP contribution in [-0.4, -0.2) is 23.4 Å². The zero-order chi connectivity index (χ0) is 22.1. The molecule has 1 N–H and O–H groups in total. The summed E-state index contributed by atoms with van der Waals surface area (Å²) in [6, 6.07) is 21.8. The normalized spacial score (nSPS) is 10.5. The highest BCUT2D eigenvalue weighted by Gasteiger charge is 2.07. The van der Waals surface area contributed by atoms with Gasteiger partial charge in [0.15, 0.2) is 6.61 Å². The van der Waals surface area contributed by atoms with Crippen molar-refractivity contribution in [1.29, 1.82) is 0 Å². The lowest BCUT2D eigenvalue weighted by atomic mass is 10.2. The number of anilines is 1. The summed E-state index contributed by atoms with van der Waals surface area (Å²) < 4.78 is 10.6. The molecule has 8 heteroatoms. The van der Waals surface area contributed by atoms with Crippen molar-refractivity contribution in [2.75, 3.05) is 11.9 Å². The number of rotatable bonds is 8. The zero-order valence-corrected chi connectivity index (χ0v) is 16.3. The van der Waals surface area contributed by atoms with E-state index in [1.807, 2.05) is 30.3 Å². The molecule has 0 heterocycles. The predicted molar refractivity (Wildman–Crippen MR) is 115 cm³/mol. The fraction of sp³-hybridized carbons (Fsp3) is 0.0435. The molecule has 0 bridgehead atoms. The highest BCUT2D eigenvalue weighted by Crippen LogP contribution is 2.22. The molecule has 0 radical (unpaired) electrons. The minimum Gasteiger partial charge on any atom is -0.457 e. The van der Waals surface area contributed by atoms with Gasteiger partial charge in [0, 0.05) is 23.9 Å². The molecule has 0 aliphatic heterocycles. The van der Waals surface area contributed by atoms with Crippen molar-refractivity contribution < 1.29 is 24.0 Å². The third-order valence-electron chi connectivity index (χ3n) is 3.96. The Morgan fingerprint density at radius 2 is 1.65 bits per heavy atom. The molecule has 3 aromatic rings. The van der Waals surface area contributed by atoms with Crippen molar-refractivity contribution in [2.45, 2.75) is 0 Å². The summed E-state index contributed by atoms with van der Waals surface area (Å²) in [4.78, 5) is 34.0. The molecule has 0 spiro atoms. The van der Waals surface area contributed by atoms with Gasteiger partial charge in [-0.2, -0.15) is 0 Å². The van der Waals surface area contributed by atoms with E-state index in [0.29, 0.717) is 22.7 Å². The maximum atomic E-state index is 12.0. The largest absolute Gasteiger partial charge is 0.457 e. The first-order valence-electron chi connectivity index (χ1n) is 9.22. The highest BCUT2D eigenvalue weighted by molar-refractivity contribution is 5.94. The molecular formula is C23H18N2O6. The van der Waals surface area contributed by atoms with E-state index in [2.05, 4.69) is 5.32 Å². The maximum Gasteiger partial charge on any atom is 0.331 e. The van der Waals surface area contributed by atoms with Gasteiger partial charge in [0.05, 0.1) is 4.92 Å². The van der Waals surface area contributed by atoms with Gasteiger partial charge < -0.3 is 14.8 Å². The molecule has 0 fully saturated rings. The summed E-state index contributed by atoms with van der Waals surface area (Å²) in [5.74, 6) is 0.0633. The molecule has 0 saturated heterocycles. The molecule has 0 unspecified atom stereocenters. The Morgan fingerprint density at radius 1 is 0.935 bits per heavy atom. The van der Waals surface area contributed by atoms with Crippen LogP contribution in [-0.2, 0) is 14.3 Å². The Kier molecular flexibility index (Phi) is 7.10. The molecule has 0 aliphatic carbocycles. The number of benzene rings is 3. The van der Waals surface area contributed by atoms with E-state index in [9.17, 15) is 19.7 Å². The summed E-state index contributed by atoms with van der Waals surface area (Å²) in [6.45, 7) is -0.472. The van der Waals surface area contributed by atoms with E-state index in [4.69, 9.17) is 9.47 Å². The smallest absolute Gasteiger partial charge is 0.331 e. The lowest BCUT2D eigenvalue weighted by molar-refractivity contribution is -0.384. The molecule has 0 atom stereocenters. The number of para-hydroxylation sites is 1. The van der Waals surface area contributed by atoms with Crippen molar-refractivity contribution in [2.24, 2.45) is 0 Å². The van der Waals surface area contributed by atoms with Crippen LogP contribution in [0.4, 0.5) is 11.4 Å². The lowest BCUT2D eigenvalue weighted by Crippen LogP contribution is -2.20. The molecule has 1 amide bonds. The predicted octanol–water partition coefficient (Wildman–Crippen LogP) is 4.58. The van der Waals surface area contributed by atoms with Gasteiger partial charge in [-0.3, -0.25) is 14.9 Å². The van der Waals surface area contributed by atoms with Crippen LogP contribution < -0.4 is 10.1 Å². The number of hydrogen-bond acceptors (Lipinski definition) is 6. The van der Waals surface area contributed by atoms with Crippen LogP contribution in [0.15, 0.2) is 84.9 Å². The van der Waals surface area contributed by atoms with Crippen LogP contribution in [0, 0.1) is 10.1 Å². The number of non-ortho nitro benzene ring substituents is 1. The number of nitro benzene ring substituents is 1. The minimum absolute atomic E-state index is 0.0879. The third-order valence-corrected chi connectivity index (χ3v) is 3.96. The second-order valence-electron chi connectivity index (χ2n) is 6.28. The molecule has 3 aromatic carbocycles. The van der Waals surface area contributed by atoms with Crippen LogP contribution in [0.5, 0.6) is 11.5 Å². The summed E-state index contributed by atoms with van der Waals surface area (Å²) >= 11 is 0. The van der Waals surface area contributed by atoms with Crippen LogP contribution in [0.3, 0.4) is 0 Å². The van der Waals surface area contributed by atoms with Crippen molar-refractivity contribution in [3.05, 3.63) is 101 Å². The van der Waals surface area contributed by atoms with Gasteiger partial charge in [0.1, 0.15) is 11.5 Å². The van der Waals surface area contributed by atoms with Gasteiger partial charge in [-0.25, -0.2) is 4.79 Å². The second kappa shape index (κ2) is 10.4. The first-order valence-corrected chi connectivity index (χ1v) is 9.22. The van der Waals surface area contributed by atoms with E-state index in [1.165, 1.54) is 24.3 Å². The summed E-state index contributed by atoms with van der Waals surface area (Å²) in [7, 11) is 0. The van der Waals surface area contributed by atoms with Crippen molar-refractivity contribution in [3.63, 3.8) is 0 Å². The van der Waals surface area contributed by atoms with E-state index in [1.54, 1.807) is 30.3 Å².